The summed E-state index contributed by atoms with van der Waals surface area (Å²) in [7, 11) is 0. The molecule has 12 heavy (non-hydrogen) atoms. The third kappa shape index (κ3) is 2.50. The third-order valence-electron chi connectivity index (χ3n) is 2.17. The Morgan fingerprint density at radius 3 is 2.33 bits per heavy atom. The zero-order chi connectivity index (χ0) is 9.78. The molecule has 0 unspecified atom stereocenters. The van der Waals surface area contributed by atoms with Gasteiger partial charge in [-0.2, -0.15) is 0 Å². The summed E-state index contributed by atoms with van der Waals surface area (Å²) in [4.78, 5) is 0. The van der Waals surface area contributed by atoms with Gasteiger partial charge in [-0.15, -0.1) is 0 Å². The minimum Gasteiger partial charge on any atom is -0.512 e. The van der Waals surface area contributed by atoms with Gasteiger partial charge in [0.05, 0.1) is 11.9 Å². The molecule has 3 heteroatoms. The molecule has 0 bridgehead atoms. The van der Waals surface area contributed by atoms with Crippen molar-refractivity contribution in [3.63, 3.8) is 0 Å². The van der Waals surface area contributed by atoms with Crippen molar-refractivity contribution in [3.05, 3.63) is 11.8 Å². The van der Waals surface area contributed by atoms with Crippen LogP contribution in [0.5, 0.6) is 0 Å². The number of aliphatic hydroxyl groups is 3. The third-order valence-corrected chi connectivity index (χ3v) is 2.17. The summed E-state index contributed by atoms with van der Waals surface area (Å²) in [6, 6.07) is 0. The zero-order valence-electron chi connectivity index (χ0n) is 7.91. The molecule has 3 N–H and O–H groups in total. The number of aliphatic hydroxyl groups excluding tert-OH is 3. The van der Waals surface area contributed by atoms with E-state index in [-0.39, 0.29) is 18.8 Å². The topological polar surface area (TPSA) is 60.7 Å². The van der Waals surface area contributed by atoms with E-state index in [4.69, 9.17) is 5.11 Å². The lowest BCUT2D eigenvalue weighted by molar-refractivity contribution is 0.0272. The normalized spacial score (nSPS) is 16.2. The van der Waals surface area contributed by atoms with Crippen molar-refractivity contribution in [2.24, 2.45) is 5.41 Å². The van der Waals surface area contributed by atoms with Crippen LogP contribution < -0.4 is 0 Å². The van der Waals surface area contributed by atoms with E-state index in [0.717, 1.165) is 0 Å². The van der Waals surface area contributed by atoms with Crippen molar-refractivity contribution >= 4 is 0 Å². The molecule has 72 valence electrons. The minimum absolute atomic E-state index is 0.0679. The molecule has 0 amide bonds. The molecule has 0 spiro atoms. The van der Waals surface area contributed by atoms with E-state index >= 15 is 0 Å². The van der Waals surface area contributed by atoms with E-state index in [0.29, 0.717) is 0 Å². The molecular formula is C9H18O3. The lowest BCUT2D eigenvalue weighted by Crippen LogP contribution is -2.32. The van der Waals surface area contributed by atoms with Gasteiger partial charge in [0.2, 0.25) is 0 Å². The van der Waals surface area contributed by atoms with Gasteiger partial charge in [0.25, 0.3) is 0 Å². The van der Waals surface area contributed by atoms with Crippen molar-refractivity contribution in [2.75, 3.05) is 6.61 Å². The monoisotopic (exact) mass is 174 g/mol. The molecule has 0 aromatic rings. The highest BCUT2D eigenvalue weighted by atomic mass is 16.3. The summed E-state index contributed by atoms with van der Waals surface area (Å²) >= 11 is 0. The fraction of sp³-hybridized carbons (Fsp3) is 0.778. The molecular weight excluding hydrogens is 156 g/mol. The minimum atomic E-state index is -0.710. The lowest BCUT2D eigenvalue weighted by atomic mass is 9.83. The van der Waals surface area contributed by atoms with Gasteiger partial charge in [-0.3, -0.25) is 0 Å². The van der Waals surface area contributed by atoms with E-state index in [1.165, 1.54) is 0 Å². The average molecular weight is 174 g/mol. The SMILES string of the molecule is C/C=C(\O)C(C)(C)[C@@H](O)CCO. The molecule has 0 aliphatic carbocycles. The largest absolute Gasteiger partial charge is 0.512 e. The van der Waals surface area contributed by atoms with Crippen LogP contribution in [0.25, 0.3) is 0 Å². The molecule has 0 saturated heterocycles. The second kappa shape index (κ2) is 4.48. The summed E-state index contributed by atoms with van der Waals surface area (Å²) in [5, 5.41) is 27.5. The van der Waals surface area contributed by atoms with Gasteiger partial charge in [0.1, 0.15) is 0 Å². The van der Waals surface area contributed by atoms with Crippen molar-refractivity contribution in [3.8, 4) is 0 Å². The molecule has 3 nitrogen and oxygen atoms in total. The molecule has 0 radical (unpaired) electrons. The number of rotatable bonds is 4. The smallest absolute Gasteiger partial charge is 0.0962 e. The summed E-state index contributed by atoms with van der Waals surface area (Å²) in [6.45, 7) is 5.12. The second-order valence-electron chi connectivity index (χ2n) is 3.42. The highest BCUT2D eigenvalue weighted by Crippen LogP contribution is 2.29. The van der Waals surface area contributed by atoms with Crippen LogP contribution in [0, 0.1) is 5.41 Å². The first-order chi connectivity index (χ1) is 5.46. The highest BCUT2D eigenvalue weighted by molar-refractivity contribution is 5.04. The quantitative estimate of drug-likeness (QED) is 0.561. The van der Waals surface area contributed by atoms with E-state index in [2.05, 4.69) is 0 Å². The van der Waals surface area contributed by atoms with Crippen LogP contribution in [-0.4, -0.2) is 28.0 Å². The first-order valence-electron chi connectivity index (χ1n) is 4.11. The zero-order valence-corrected chi connectivity index (χ0v) is 7.91. The number of hydrogen-bond donors (Lipinski definition) is 3. The van der Waals surface area contributed by atoms with Crippen molar-refractivity contribution in [1.29, 1.82) is 0 Å². The van der Waals surface area contributed by atoms with Crippen LogP contribution in [0.15, 0.2) is 11.8 Å². The van der Waals surface area contributed by atoms with Crippen LogP contribution in [0.4, 0.5) is 0 Å². The second-order valence-corrected chi connectivity index (χ2v) is 3.42. The van der Waals surface area contributed by atoms with Gasteiger partial charge in [-0.25, -0.2) is 0 Å². The Morgan fingerprint density at radius 1 is 1.50 bits per heavy atom. The summed E-state index contributed by atoms with van der Waals surface area (Å²) in [5.74, 6) is 0.156. The molecule has 1 atom stereocenters. The standard InChI is InChI=1S/C9H18O3/c1-4-7(11)9(2,3)8(12)5-6-10/h4,8,10-12H,5-6H2,1-3H3/b7-4-/t8-/m0/s1. The predicted octanol–water partition coefficient (Wildman–Crippen LogP) is 1.22. The highest BCUT2D eigenvalue weighted by Gasteiger charge is 2.31. The van der Waals surface area contributed by atoms with E-state index < -0.39 is 11.5 Å². The Labute approximate surface area is 73.4 Å². The molecule has 0 aromatic heterocycles. The first kappa shape index (κ1) is 11.5. The Hall–Kier alpha value is -0.540. The fourth-order valence-electron chi connectivity index (χ4n) is 1.03. The predicted molar refractivity (Wildman–Crippen MR) is 47.9 cm³/mol. The van der Waals surface area contributed by atoms with Crippen LogP contribution >= 0.6 is 0 Å². The molecule has 0 saturated carbocycles. The van der Waals surface area contributed by atoms with Crippen molar-refractivity contribution in [1.82, 2.24) is 0 Å². The maximum Gasteiger partial charge on any atom is 0.0962 e. The maximum atomic E-state index is 9.52. The van der Waals surface area contributed by atoms with Crippen LogP contribution in [0.2, 0.25) is 0 Å². The maximum absolute atomic E-state index is 9.52. The average Bonchev–Trinajstić information content (AvgIpc) is 2.03. The molecule has 0 heterocycles. The Bertz CT molecular complexity index is 161. The van der Waals surface area contributed by atoms with Gasteiger partial charge in [0.15, 0.2) is 0 Å². The molecule has 0 fully saturated rings. The van der Waals surface area contributed by atoms with Gasteiger partial charge in [-0.05, 0) is 19.4 Å². The van der Waals surface area contributed by atoms with Crippen LogP contribution in [-0.2, 0) is 0 Å². The van der Waals surface area contributed by atoms with Crippen molar-refractivity contribution in [2.45, 2.75) is 33.3 Å². The van der Waals surface area contributed by atoms with E-state index in [9.17, 15) is 10.2 Å². The molecule has 0 aliphatic rings. The summed E-state index contributed by atoms with van der Waals surface area (Å²) in [6.07, 6.45) is 1.13. The van der Waals surface area contributed by atoms with Gasteiger partial charge < -0.3 is 15.3 Å². The Balaban J connectivity index is 4.38. The lowest BCUT2D eigenvalue weighted by Gasteiger charge is -2.29. The molecule has 0 aliphatic heterocycles. The number of allylic oxidation sites excluding steroid dienone is 1. The van der Waals surface area contributed by atoms with Crippen LogP contribution in [0.3, 0.4) is 0 Å². The summed E-state index contributed by atoms with van der Waals surface area (Å²) < 4.78 is 0. The first-order valence-corrected chi connectivity index (χ1v) is 4.11. The van der Waals surface area contributed by atoms with E-state index in [1.807, 2.05) is 0 Å². The Morgan fingerprint density at radius 2 is 2.00 bits per heavy atom. The van der Waals surface area contributed by atoms with E-state index in [1.54, 1.807) is 26.8 Å². The van der Waals surface area contributed by atoms with Crippen LogP contribution in [0.1, 0.15) is 27.2 Å². The fourth-order valence-corrected chi connectivity index (χ4v) is 1.03. The molecule has 0 aromatic carbocycles. The summed E-state index contributed by atoms with van der Waals surface area (Å²) in [5.41, 5.74) is -0.669. The Kier molecular flexibility index (Phi) is 4.28. The molecule has 0 rings (SSSR count). The van der Waals surface area contributed by atoms with Crippen molar-refractivity contribution < 1.29 is 15.3 Å². The van der Waals surface area contributed by atoms with Gasteiger partial charge in [-0.1, -0.05) is 13.8 Å². The number of hydrogen-bond acceptors (Lipinski definition) is 3. The van der Waals surface area contributed by atoms with Gasteiger partial charge >= 0.3 is 0 Å². The van der Waals surface area contributed by atoms with Gasteiger partial charge in [0, 0.05) is 12.0 Å².